The number of aromatic carboxylic acids is 1. The minimum atomic E-state index is -0.912. The number of fused-ring (bicyclic) bond motifs is 1. The molecule has 38 heavy (non-hydrogen) atoms. The van der Waals surface area contributed by atoms with Crippen molar-refractivity contribution < 1.29 is 14.3 Å². The van der Waals surface area contributed by atoms with Crippen molar-refractivity contribution >= 4 is 40.3 Å². The van der Waals surface area contributed by atoms with Gasteiger partial charge >= 0.3 is 5.97 Å². The van der Waals surface area contributed by atoms with Gasteiger partial charge in [-0.15, -0.1) is 0 Å². The van der Waals surface area contributed by atoms with E-state index in [9.17, 15) is 14.3 Å². The Kier molecular flexibility index (Phi) is 6.84. The molecule has 2 fully saturated rings. The van der Waals surface area contributed by atoms with Crippen molar-refractivity contribution in [3.8, 4) is 0 Å². The highest BCUT2D eigenvalue weighted by Gasteiger charge is 2.61. The van der Waals surface area contributed by atoms with Crippen LogP contribution in [-0.4, -0.2) is 42.3 Å². The Morgan fingerprint density at radius 2 is 1.76 bits per heavy atom. The molecular formula is C32H30Cl2FNO2. The quantitative estimate of drug-likeness (QED) is 0.323. The zero-order valence-electron chi connectivity index (χ0n) is 21.2. The molecule has 196 valence electrons. The summed E-state index contributed by atoms with van der Waals surface area (Å²) in [6.45, 7) is 2.76. The smallest absolute Gasteiger partial charge is 0.335 e. The maximum Gasteiger partial charge on any atom is 0.335 e. The Morgan fingerprint density at radius 1 is 1.00 bits per heavy atom. The second kappa shape index (κ2) is 10.1. The van der Waals surface area contributed by atoms with Gasteiger partial charge in [-0.25, -0.2) is 4.79 Å². The van der Waals surface area contributed by atoms with Gasteiger partial charge in [0, 0.05) is 35.1 Å². The molecule has 1 aliphatic heterocycles. The molecule has 1 unspecified atom stereocenters. The topological polar surface area (TPSA) is 40.5 Å². The third kappa shape index (κ3) is 4.68. The zero-order valence-corrected chi connectivity index (χ0v) is 22.7. The molecule has 1 N–H and O–H groups in total. The highest BCUT2D eigenvalue weighted by molar-refractivity contribution is 6.36. The monoisotopic (exact) mass is 549 g/mol. The maximum atomic E-state index is 12.5. The van der Waals surface area contributed by atoms with Crippen molar-refractivity contribution in [3.05, 3.63) is 104 Å². The standard InChI is InChI=1S/C32H30Cl2FNO2/c33-24-10-12-26(29(34)16-24)27-4-1-3-22-15-23(31(37)38)9-11-25(22)30(27)21-7-5-20(6-8-21)28-17-32(28)18-36(19-32)14-2-13-35/h5-12,15-16,28H,1-4,13-14,17-19H2,(H,37,38). The Balaban J connectivity index is 1.37. The van der Waals surface area contributed by atoms with Gasteiger partial charge in [-0.3, -0.25) is 4.39 Å². The van der Waals surface area contributed by atoms with E-state index in [0.29, 0.717) is 33.4 Å². The number of hydrogen-bond acceptors (Lipinski definition) is 2. The summed E-state index contributed by atoms with van der Waals surface area (Å²) in [4.78, 5) is 14.1. The Hall–Kier alpha value is -2.66. The molecule has 1 saturated carbocycles. The first-order valence-corrected chi connectivity index (χ1v) is 14.1. The first-order valence-electron chi connectivity index (χ1n) is 13.3. The average Bonchev–Trinajstić information content (AvgIpc) is 3.65. The van der Waals surface area contributed by atoms with Gasteiger partial charge in [0.1, 0.15) is 0 Å². The van der Waals surface area contributed by atoms with Gasteiger partial charge in [0.25, 0.3) is 0 Å². The van der Waals surface area contributed by atoms with Crippen molar-refractivity contribution in [1.29, 1.82) is 0 Å². The molecule has 1 spiro atoms. The lowest BCUT2D eigenvalue weighted by atomic mass is 9.86. The summed E-state index contributed by atoms with van der Waals surface area (Å²) in [5, 5.41) is 10.8. The molecular weight excluding hydrogens is 520 g/mol. The van der Waals surface area contributed by atoms with Crippen LogP contribution in [0.15, 0.2) is 60.7 Å². The molecule has 3 aromatic rings. The van der Waals surface area contributed by atoms with Crippen LogP contribution in [-0.2, 0) is 6.42 Å². The summed E-state index contributed by atoms with van der Waals surface area (Å²) in [5.41, 5.74) is 8.50. The predicted molar refractivity (Wildman–Crippen MR) is 152 cm³/mol. The third-order valence-corrected chi connectivity index (χ3v) is 9.08. The van der Waals surface area contributed by atoms with Crippen LogP contribution in [0, 0.1) is 5.41 Å². The molecule has 1 heterocycles. The molecule has 0 amide bonds. The number of hydrogen-bond donors (Lipinski definition) is 1. The van der Waals surface area contributed by atoms with E-state index in [1.54, 1.807) is 12.1 Å². The van der Waals surface area contributed by atoms with Crippen molar-refractivity contribution in [2.75, 3.05) is 26.3 Å². The molecule has 0 aromatic heterocycles. The van der Waals surface area contributed by atoms with Crippen LogP contribution < -0.4 is 0 Å². The molecule has 0 bridgehead atoms. The Morgan fingerprint density at radius 3 is 2.47 bits per heavy atom. The number of carbonyl (C=O) groups is 1. The summed E-state index contributed by atoms with van der Waals surface area (Å²) in [7, 11) is 0. The van der Waals surface area contributed by atoms with E-state index in [1.165, 1.54) is 12.0 Å². The minimum absolute atomic E-state index is 0.242. The van der Waals surface area contributed by atoms with Crippen LogP contribution in [0.25, 0.3) is 11.1 Å². The summed E-state index contributed by atoms with van der Waals surface area (Å²) >= 11 is 12.9. The first kappa shape index (κ1) is 25.6. The largest absolute Gasteiger partial charge is 0.478 e. The van der Waals surface area contributed by atoms with Gasteiger partial charge in [-0.2, -0.15) is 0 Å². The van der Waals surface area contributed by atoms with Gasteiger partial charge in [0.2, 0.25) is 0 Å². The molecule has 3 aliphatic rings. The van der Waals surface area contributed by atoms with Crippen LogP contribution in [0.5, 0.6) is 0 Å². The highest BCUT2D eigenvalue weighted by atomic mass is 35.5. The van der Waals surface area contributed by atoms with Crippen molar-refractivity contribution in [2.24, 2.45) is 5.41 Å². The summed E-state index contributed by atoms with van der Waals surface area (Å²) < 4.78 is 12.5. The number of alkyl halides is 1. The van der Waals surface area contributed by atoms with E-state index in [-0.39, 0.29) is 6.67 Å². The van der Waals surface area contributed by atoms with Crippen molar-refractivity contribution in [3.63, 3.8) is 0 Å². The molecule has 2 aliphatic carbocycles. The number of aryl methyl sites for hydroxylation is 1. The van der Waals surface area contributed by atoms with E-state index < -0.39 is 5.97 Å². The summed E-state index contributed by atoms with van der Waals surface area (Å²) in [5.74, 6) is -0.345. The third-order valence-electron chi connectivity index (χ3n) is 8.53. The van der Waals surface area contributed by atoms with E-state index in [2.05, 4.69) is 29.2 Å². The van der Waals surface area contributed by atoms with Gasteiger partial charge in [-0.1, -0.05) is 59.6 Å². The van der Waals surface area contributed by atoms with Crippen LogP contribution in [0.4, 0.5) is 4.39 Å². The number of rotatable bonds is 7. The normalized spacial score (nSPS) is 20.1. The van der Waals surface area contributed by atoms with Gasteiger partial charge < -0.3 is 10.0 Å². The van der Waals surface area contributed by atoms with Crippen molar-refractivity contribution in [2.45, 2.75) is 38.0 Å². The Bertz CT molecular complexity index is 1430. The molecule has 1 atom stereocenters. The van der Waals surface area contributed by atoms with E-state index in [0.717, 1.165) is 72.3 Å². The van der Waals surface area contributed by atoms with Crippen molar-refractivity contribution in [1.82, 2.24) is 4.90 Å². The second-order valence-electron chi connectivity index (χ2n) is 11.0. The number of halogens is 3. The first-order chi connectivity index (χ1) is 18.4. The number of nitrogens with zero attached hydrogens (tertiary/aromatic N) is 1. The SMILES string of the molecule is O=C(O)c1ccc2c(c1)CCCC(c1ccc(Cl)cc1Cl)=C2c1ccc(C2CC23CN(CCCF)C3)cc1. The van der Waals surface area contributed by atoms with E-state index >= 15 is 0 Å². The van der Waals surface area contributed by atoms with Crippen LogP contribution in [0.3, 0.4) is 0 Å². The average molecular weight is 551 g/mol. The van der Waals surface area contributed by atoms with Gasteiger partial charge in [0.15, 0.2) is 0 Å². The summed E-state index contributed by atoms with van der Waals surface area (Å²) in [6, 6.07) is 20.0. The fraction of sp³-hybridized carbons (Fsp3) is 0.344. The minimum Gasteiger partial charge on any atom is -0.478 e. The van der Waals surface area contributed by atoms with E-state index in [4.69, 9.17) is 23.2 Å². The molecule has 1 saturated heterocycles. The molecule has 6 heteroatoms. The zero-order chi connectivity index (χ0) is 26.4. The Labute approximate surface area is 232 Å². The lowest BCUT2D eigenvalue weighted by Gasteiger charge is -2.41. The number of carboxylic acid groups (broad SMARTS) is 1. The van der Waals surface area contributed by atoms with Crippen LogP contribution >= 0.6 is 23.2 Å². The maximum absolute atomic E-state index is 12.5. The lowest BCUT2D eigenvalue weighted by Crippen LogP contribution is -2.49. The number of carboxylic acids is 1. The highest BCUT2D eigenvalue weighted by Crippen LogP contribution is 2.64. The van der Waals surface area contributed by atoms with E-state index in [1.807, 2.05) is 24.3 Å². The molecule has 3 aromatic carbocycles. The summed E-state index contributed by atoms with van der Waals surface area (Å²) in [6.07, 6.45) is 4.36. The lowest BCUT2D eigenvalue weighted by molar-refractivity contribution is 0.0696. The van der Waals surface area contributed by atoms with Crippen LogP contribution in [0.1, 0.15) is 69.8 Å². The molecule has 0 radical (unpaired) electrons. The fourth-order valence-electron chi connectivity index (χ4n) is 6.59. The van der Waals surface area contributed by atoms with Gasteiger partial charge in [0.05, 0.1) is 12.2 Å². The van der Waals surface area contributed by atoms with Gasteiger partial charge in [-0.05, 0) is 101 Å². The molecule has 6 rings (SSSR count). The predicted octanol–water partition coefficient (Wildman–Crippen LogP) is 8.14. The number of benzene rings is 3. The number of likely N-dealkylation sites (tertiary alicyclic amines) is 1. The number of allylic oxidation sites excluding steroid dienone is 1. The second-order valence-corrected chi connectivity index (χ2v) is 11.8. The van der Waals surface area contributed by atoms with Crippen LogP contribution in [0.2, 0.25) is 10.0 Å². The molecule has 3 nitrogen and oxygen atoms in total. The fourth-order valence-corrected chi connectivity index (χ4v) is 7.11.